The van der Waals surface area contributed by atoms with Gasteiger partial charge in [-0.15, -0.1) is 0 Å². The molecule has 0 aliphatic carbocycles. The van der Waals surface area contributed by atoms with E-state index >= 15 is 0 Å². The number of nitrogens with zero attached hydrogens (tertiary/aromatic N) is 1. The van der Waals surface area contributed by atoms with Gasteiger partial charge in [0.05, 0.1) is 17.7 Å². The molecule has 1 amide bonds. The molecule has 0 aliphatic rings. The van der Waals surface area contributed by atoms with Gasteiger partial charge in [-0.1, -0.05) is 61.6 Å². The van der Waals surface area contributed by atoms with E-state index in [1.54, 1.807) is 19.4 Å². The first-order valence-corrected chi connectivity index (χ1v) is 9.55. The van der Waals surface area contributed by atoms with E-state index in [4.69, 9.17) is 10.5 Å². The summed E-state index contributed by atoms with van der Waals surface area (Å²) in [5.41, 5.74) is 8.61. The largest absolute Gasteiger partial charge is 0.495 e. The van der Waals surface area contributed by atoms with E-state index in [9.17, 15) is 4.79 Å². The van der Waals surface area contributed by atoms with Crippen molar-refractivity contribution >= 4 is 28.6 Å². The Morgan fingerprint density at radius 1 is 1.26 bits per heavy atom. The quantitative estimate of drug-likeness (QED) is 0.576. The standard InChI is InChI=1S/C11H11N3O2S.C10H14/c1-16-9-4-7(2-3-8(9)14-6-15)10-5-13-11(12)17-10;1-3-9(2)10-7-5-4-6-8-10/h2-6H,1H3,(H2,12,13)(H,14,15);4-9H,3H2,1-2H3. The molecule has 0 bridgehead atoms. The highest BCUT2D eigenvalue weighted by molar-refractivity contribution is 7.18. The van der Waals surface area contributed by atoms with Crippen molar-refractivity contribution in [3.63, 3.8) is 0 Å². The molecular formula is C21H25N3O2S. The molecule has 6 heteroatoms. The molecule has 1 unspecified atom stereocenters. The number of thiazole rings is 1. The number of rotatable bonds is 6. The maximum Gasteiger partial charge on any atom is 0.211 e. The third-order valence-electron chi connectivity index (χ3n) is 4.21. The van der Waals surface area contributed by atoms with E-state index in [2.05, 4.69) is 54.5 Å². The van der Waals surface area contributed by atoms with E-state index in [0.29, 0.717) is 28.9 Å². The predicted octanol–water partition coefficient (Wildman–Crippen LogP) is 5.17. The monoisotopic (exact) mass is 383 g/mol. The number of nitrogens with one attached hydrogen (secondary N) is 1. The zero-order valence-corrected chi connectivity index (χ0v) is 16.6. The van der Waals surface area contributed by atoms with Crippen LogP contribution in [-0.4, -0.2) is 18.5 Å². The minimum atomic E-state index is 0.522. The number of aromatic nitrogens is 1. The van der Waals surface area contributed by atoms with Crippen LogP contribution < -0.4 is 15.8 Å². The van der Waals surface area contributed by atoms with Crippen molar-refractivity contribution in [2.75, 3.05) is 18.2 Å². The number of hydrogen-bond donors (Lipinski definition) is 2. The molecular weight excluding hydrogens is 358 g/mol. The molecule has 2 aromatic carbocycles. The number of carbonyl (C=O) groups is 1. The number of anilines is 2. The topological polar surface area (TPSA) is 77.2 Å². The van der Waals surface area contributed by atoms with Crippen LogP contribution in [0.4, 0.5) is 10.8 Å². The summed E-state index contributed by atoms with van der Waals surface area (Å²) in [5.74, 6) is 1.31. The molecule has 5 nitrogen and oxygen atoms in total. The number of ether oxygens (including phenoxy) is 1. The molecule has 0 radical (unpaired) electrons. The Hall–Kier alpha value is -2.86. The van der Waals surface area contributed by atoms with Crippen LogP contribution in [0.15, 0.2) is 54.7 Å². The van der Waals surface area contributed by atoms with Crippen molar-refractivity contribution in [3.8, 4) is 16.2 Å². The van der Waals surface area contributed by atoms with E-state index in [1.165, 1.54) is 23.3 Å². The third kappa shape index (κ3) is 5.82. The van der Waals surface area contributed by atoms with Gasteiger partial charge in [-0.2, -0.15) is 0 Å². The van der Waals surface area contributed by atoms with Crippen LogP contribution >= 0.6 is 11.3 Å². The summed E-state index contributed by atoms with van der Waals surface area (Å²) in [5, 5.41) is 3.09. The van der Waals surface area contributed by atoms with Crippen molar-refractivity contribution in [2.24, 2.45) is 0 Å². The number of amides is 1. The Morgan fingerprint density at radius 3 is 2.56 bits per heavy atom. The van der Waals surface area contributed by atoms with Crippen molar-refractivity contribution in [3.05, 3.63) is 60.3 Å². The summed E-state index contributed by atoms with van der Waals surface area (Å²) in [4.78, 5) is 15.4. The Morgan fingerprint density at radius 2 is 2.00 bits per heavy atom. The molecule has 142 valence electrons. The van der Waals surface area contributed by atoms with Gasteiger partial charge in [0.2, 0.25) is 6.41 Å². The maximum absolute atomic E-state index is 10.4. The lowest BCUT2D eigenvalue weighted by Crippen LogP contribution is -1.97. The first-order valence-electron chi connectivity index (χ1n) is 8.73. The highest BCUT2D eigenvalue weighted by Gasteiger charge is 2.07. The Balaban J connectivity index is 0.000000223. The van der Waals surface area contributed by atoms with Gasteiger partial charge < -0.3 is 15.8 Å². The van der Waals surface area contributed by atoms with Gasteiger partial charge in [0.1, 0.15) is 5.75 Å². The molecule has 1 atom stereocenters. The average Bonchev–Trinajstić information content (AvgIpc) is 3.15. The molecule has 3 aromatic rings. The van der Waals surface area contributed by atoms with Crippen molar-refractivity contribution < 1.29 is 9.53 Å². The summed E-state index contributed by atoms with van der Waals surface area (Å²) in [6.45, 7) is 4.48. The molecule has 1 heterocycles. The number of nitrogens with two attached hydrogens (primary N) is 1. The second-order valence-electron chi connectivity index (χ2n) is 5.96. The van der Waals surface area contributed by atoms with Gasteiger partial charge in [-0.3, -0.25) is 4.79 Å². The molecule has 27 heavy (non-hydrogen) atoms. The minimum absolute atomic E-state index is 0.522. The highest BCUT2D eigenvalue weighted by Crippen LogP contribution is 2.33. The lowest BCUT2D eigenvalue weighted by molar-refractivity contribution is -0.105. The summed E-state index contributed by atoms with van der Waals surface area (Å²) in [7, 11) is 1.55. The Kier molecular flexibility index (Phi) is 7.82. The van der Waals surface area contributed by atoms with Crippen LogP contribution in [0, 0.1) is 0 Å². The van der Waals surface area contributed by atoms with Gasteiger partial charge in [-0.05, 0) is 35.6 Å². The molecule has 3 rings (SSSR count). The van der Waals surface area contributed by atoms with E-state index in [0.717, 1.165) is 10.4 Å². The molecule has 0 fully saturated rings. The smallest absolute Gasteiger partial charge is 0.211 e. The van der Waals surface area contributed by atoms with Crippen molar-refractivity contribution in [1.29, 1.82) is 0 Å². The fourth-order valence-corrected chi connectivity index (χ4v) is 3.15. The average molecular weight is 384 g/mol. The van der Waals surface area contributed by atoms with Crippen LogP contribution in [0.3, 0.4) is 0 Å². The SMILES string of the molecule is CCC(C)c1ccccc1.COc1cc(-c2cnc(N)s2)ccc1NC=O. The summed E-state index contributed by atoms with van der Waals surface area (Å²) >= 11 is 1.40. The molecule has 0 saturated heterocycles. The molecule has 0 spiro atoms. The molecule has 0 saturated carbocycles. The lowest BCUT2D eigenvalue weighted by Gasteiger charge is -2.08. The fraction of sp³-hybridized carbons (Fsp3) is 0.238. The summed E-state index contributed by atoms with van der Waals surface area (Å²) in [6, 6.07) is 16.1. The number of benzene rings is 2. The van der Waals surface area contributed by atoms with Crippen LogP contribution in [-0.2, 0) is 4.79 Å². The van der Waals surface area contributed by atoms with Gasteiger partial charge in [-0.25, -0.2) is 4.98 Å². The number of nitrogen functional groups attached to an aromatic ring is 1. The predicted molar refractivity (Wildman–Crippen MR) is 113 cm³/mol. The maximum atomic E-state index is 10.4. The first-order chi connectivity index (χ1) is 13.1. The molecule has 0 aliphatic heterocycles. The third-order valence-corrected chi connectivity index (χ3v) is 5.08. The van der Waals surface area contributed by atoms with Crippen LogP contribution in [0.1, 0.15) is 31.7 Å². The van der Waals surface area contributed by atoms with E-state index < -0.39 is 0 Å². The van der Waals surface area contributed by atoms with Crippen molar-refractivity contribution in [2.45, 2.75) is 26.2 Å². The van der Waals surface area contributed by atoms with Gasteiger partial charge in [0.25, 0.3) is 0 Å². The normalized spacial score (nSPS) is 11.1. The highest BCUT2D eigenvalue weighted by atomic mass is 32.1. The zero-order valence-electron chi connectivity index (χ0n) is 15.8. The Bertz CT molecular complexity index is 850. The number of hydrogen-bond acceptors (Lipinski definition) is 5. The number of methoxy groups -OCH3 is 1. The van der Waals surface area contributed by atoms with Gasteiger partial charge in [0.15, 0.2) is 5.13 Å². The lowest BCUT2D eigenvalue weighted by atomic mass is 9.99. The van der Waals surface area contributed by atoms with Crippen LogP contribution in [0.5, 0.6) is 5.75 Å². The van der Waals surface area contributed by atoms with Gasteiger partial charge in [0, 0.05) is 6.20 Å². The second kappa shape index (κ2) is 10.3. The Labute approximate surface area is 164 Å². The molecule has 3 N–H and O–H groups in total. The second-order valence-corrected chi connectivity index (χ2v) is 7.02. The van der Waals surface area contributed by atoms with Gasteiger partial charge >= 0.3 is 0 Å². The van der Waals surface area contributed by atoms with Crippen LogP contribution in [0.25, 0.3) is 10.4 Å². The first kappa shape index (κ1) is 20.5. The van der Waals surface area contributed by atoms with E-state index in [-0.39, 0.29) is 0 Å². The van der Waals surface area contributed by atoms with Crippen molar-refractivity contribution in [1.82, 2.24) is 4.98 Å². The van der Waals surface area contributed by atoms with Crippen LogP contribution in [0.2, 0.25) is 0 Å². The number of carbonyl (C=O) groups excluding carboxylic acids is 1. The zero-order chi connectivity index (χ0) is 19.6. The molecule has 1 aromatic heterocycles. The fourth-order valence-electron chi connectivity index (χ4n) is 2.47. The minimum Gasteiger partial charge on any atom is -0.495 e. The summed E-state index contributed by atoms with van der Waals surface area (Å²) in [6.07, 6.45) is 3.55. The van der Waals surface area contributed by atoms with E-state index in [1.807, 2.05) is 12.1 Å². The summed E-state index contributed by atoms with van der Waals surface area (Å²) < 4.78 is 5.20.